The molecule has 0 radical (unpaired) electrons. The van der Waals surface area contributed by atoms with Crippen molar-refractivity contribution in [2.24, 2.45) is 0 Å². The molecular weight excluding hydrogens is 564 g/mol. The standard InChI is InChI=1S/C29H23Cl2F3N4O2/c30-23-16-15-22(17-24(23)31)36-28(40)38-26(19-9-5-2-6-10-19)25(18-7-3-1-4-8-18)37-27(39)35-21-13-11-20(12-14-21)29(32,33)34/h1-17,25-26H,(H2,35,37,39)(H2,36,38,40). The summed E-state index contributed by atoms with van der Waals surface area (Å²) < 4.78 is 38.8. The van der Waals surface area contributed by atoms with Crippen LogP contribution in [0, 0.1) is 0 Å². The van der Waals surface area contributed by atoms with Crippen LogP contribution < -0.4 is 21.3 Å². The molecule has 4 N–H and O–H groups in total. The monoisotopic (exact) mass is 586 g/mol. The van der Waals surface area contributed by atoms with Crippen molar-refractivity contribution in [2.75, 3.05) is 10.6 Å². The second kappa shape index (κ2) is 12.8. The highest BCUT2D eigenvalue weighted by Crippen LogP contribution is 2.31. The maximum absolute atomic E-state index is 13.1. The zero-order chi connectivity index (χ0) is 28.7. The lowest BCUT2D eigenvalue weighted by atomic mass is 9.93. The number of benzene rings is 4. The summed E-state index contributed by atoms with van der Waals surface area (Å²) in [6.07, 6.45) is -4.49. The van der Waals surface area contributed by atoms with E-state index in [0.29, 0.717) is 21.8 Å². The number of halogens is 5. The lowest BCUT2D eigenvalue weighted by molar-refractivity contribution is -0.137. The minimum atomic E-state index is -4.49. The van der Waals surface area contributed by atoms with Gasteiger partial charge in [-0.1, -0.05) is 83.9 Å². The van der Waals surface area contributed by atoms with Crippen LogP contribution in [0.2, 0.25) is 10.0 Å². The molecule has 2 atom stereocenters. The Balaban J connectivity index is 1.59. The molecule has 4 aromatic carbocycles. The Labute approximate surface area is 238 Å². The predicted molar refractivity (Wildman–Crippen MR) is 151 cm³/mol. The van der Waals surface area contributed by atoms with E-state index < -0.39 is 35.9 Å². The van der Waals surface area contributed by atoms with Crippen LogP contribution in [0.25, 0.3) is 0 Å². The fourth-order valence-electron chi connectivity index (χ4n) is 3.97. The highest BCUT2D eigenvalue weighted by Gasteiger charge is 2.31. The molecule has 4 aromatic rings. The average molecular weight is 587 g/mol. The fourth-order valence-corrected chi connectivity index (χ4v) is 4.27. The third-order valence-corrected chi connectivity index (χ3v) is 6.61. The number of hydrogen-bond donors (Lipinski definition) is 4. The molecule has 6 nitrogen and oxygen atoms in total. The lowest BCUT2D eigenvalue weighted by Crippen LogP contribution is -2.43. The summed E-state index contributed by atoms with van der Waals surface area (Å²) in [5, 5.41) is 11.6. The van der Waals surface area contributed by atoms with E-state index in [0.717, 1.165) is 24.3 Å². The van der Waals surface area contributed by atoms with Gasteiger partial charge in [-0.2, -0.15) is 13.2 Å². The molecule has 0 aliphatic carbocycles. The van der Waals surface area contributed by atoms with Crippen LogP contribution in [0.15, 0.2) is 103 Å². The Bertz CT molecular complexity index is 1450. The van der Waals surface area contributed by atoms with Gasteiger partial charge in [-0.05, 0) is 53.6 Å². The number of carbonyl (C=O) groups is 2. The maximum atomic E-state index is 13.1. The van der Waals surface area contributed by atoms with Gasteiger partial charge in [0.25, 0.3) is 0 Å². The second-order valence-corrected chi connectivity index (χ2v) is 9.49. The summed E-state index contributed by atoms with van der Waals surface area (Å²) in [6, 6.07) is 23.9. The van der Waals surface area contributed by atoms with E-state index in [9.17, 15) is 22.8 Å². The van der Waals surface area contributed by atoms with Crippen LogP contribution in [0.5, 0.6) is 0 Å². The van der Waals surface area contributed by atoms with E-state index in [1.54, 1.807) is 60.7 Å². The van der Waals surface area contributed by atoms with Gasteiger partial charge in [0.05, 0.1) is 27.7 Å². The number of alkyl halides is 3. The molecule has 0 fully saturated rings. The molecule has 40 heavy (non-hydrogen) atoms. The van der Waals surface area contributed by atoms with E-state index in [1.807, 2.05) is 12.1 Å². The number of rotatable bonds is 7. The number of anilines is 2. The number of nitrogens with one attached hydrogen (secondary N) is 4. The van der Waals surface area contributed by atoms with Crippen molar-refractivity contribution >= 4 is 46.6 Å². The number of carbonyl (C=O) groups excluding carboxylic acids is 2. The molecule has 0 saturated heterocycles. The highest BCUT2D eigenvalue weighted by molar-refractivity contribution is 6.42. The average Bonchev–Trinajstić information content (AvgIpc) is 2.93. The summed E-state index contributed by atoms with van der Waals surface area (Å²) in [7, 11) is 0. The van der Waals surface area contributed by atoms with Gasteiger partial charge in [0.2, 0.25) is 0 Å². The molecule has 0 heterocycles. The zero-order valence-electron chi connectivity index (χ0n) is 20.7. The first kappa shape index (κ1) is 28.8. The molecule has 0 aliphatic heterocycles. The summed E-state index contributed by atoms with van der Waals surface area (Å²) >= 11 is 12.0. The summed E-state index contributed by atoms with van der Waals surface area (Å²) in [4.78, 5) is 26.2. The van der Waals surface area contributed by atoms with E-state index in [-0.39, 0.29) is 10.7 Å². The van der Waals surface area contributed by atoms with Crippen molar-refractivity contribution < 1.29 is 22.8 Å². The van der Waals surface area contributed by atoms with E-state index >= 15 is 0 Å². The zero-order valence-corrected chi connectivity index (χ0v) is 22.2. The number of urea groups is 2. The molecule has 0 aromatic heterocycles. The SMILES string of the molecule is O=C(Nc1ccc(C(F)(F)F)cc1)NC(c1ccccc1)C(NC(=O)Nc1ccc(Cl)c(Cl)c1)c1ccccc1. The largest absolute Gasteiger partial charge is 0.416 e. The Kier molecular flexibility index (Phi) is 9.19. The number of amides is 4. The number of hydrogen-bond acceptors (Lipinski definition) is 2. The molecule has 2 unspecified atom stereocenters. The van der Waals surface area contributed by atoms with Gasteiger partial charge in [0.15, 0.2) is 0 Å². The van der Waals surface area contributed by atoms with Gasteiger partial charge in [0, 0.05) is 11.4 Å². The molecule has 0 saturated carbocycles. The Morgan fingerprint density at radius 1 is 0.600 bits per heavy atom. The first-order chi connectivity index (χ1) is 19.1. The molecule has 0 aliphatic rings. The highest BCUT2D eigenvalue weighted by atomic mass is 35.5. The van der Waals surface area contributed by atoms with Crippen molar-refractivity contribution in [2.45, 2.75) is 18.3 Å². The molecule has 0 bridgehead atoms. The first-order valence-electron chi connectivity index (χ1n) is 12.0. The lowest BCUT2D eigenvalue weighted by Gasteiger charge is -2.30. The summed E-state index contributed by atoms with van der Waals surface area (Å²) in [5.74, 6) is 0. The van der Waals surface area contributed by atoms with Crippen molar-refractivity contribution in [3.63, 3.8) is 0 Å². The Hall–Kier alpha value is -4.21. The van der Waals surface area contributed by atoms with Gasteiger partial charge in [-0.3, -0.25) is 0 Å². The maximum Gasteiger partial charge on any atom is 0.416 e. The van der Waals surface area contributed by atoms with Crippen LogP contribution in [0.4, 0.5) is 34.1 Å². The van der Waals surface area contributed by atoms with Gasteiger partial charge in [0.1, 0.15) is 0 Å². The van der Waals surface area contributed by atoms with Crippen LogP contribution in [-0.2, 0) is 6.18 Å². The topological polar surface area (TPSA) is 82.3 Å². The van der Waals surface area contributed by atoms with Crippen LogP contribution >= 0.6 is 23.2 Å². The third-order valence-electron chi connectivity index (χ3n) is 5.87. The normalized spacial score (nSPS) is 12.6. The van der Waals surface area contributed by atoms with E-state index in [1.165, 1.54) is 6.07 Å². The van der Waals surface area contributed by atoms with Gasteiger partial charge >= 0.3 is 18.2 Å². The van der Waals surface area contributed by atoms with Crippen molar-refractivity contribution in [3.8, 4) is 0 Å². The smallest absolute Gasteiger partial charge is 0.329 e. The third kappa shape index (κ3) is 7.68. The Morgan fingerprint density at radius 2 is 1.05 bits per heavy atom. The van der Waals surface area contributed by atoms with Gasteiger partial charge < -0.3 is 21.3 Å². The molecule has 206 valence electrons. The molecule has 4 amide bonds. The van der Waals surface area contributed by atoms with Gasteiger partial charge in [-0.15, -0.1) is 0 Å². The summed E-state index contributed by atoms with van der Waals surface area (Å²) in [6.45, 7) is 0. The minimum Gasteiger partial charge on any atom is -0.329 e. The van der Waals surface area contributed by atoms with Gasteiger partial charge in [-0.25, -0.2) is 9.59 Å². The second-order valence-electron chi connectivity index (χ2n) is 8.68. The minimum absolute atomic E-state index is 0.166. The van der Waals surface area contributed by atoms with Crippen LogP contribution in [0.3, 0.4) is 0 Å². The van der Waals surface area contributed by atoms with E-state index in [2.05, 4.69) is 21.3 Å². The molecule has 4 rings (SSSR count). The van der Waals surface area contributed by atoms with Crippen molar-refractivity contribution in [1.82, 2.24) is 10.6 Å². The molecule has 0 spiro atoms. The quantitative estimate of drug-likeness (QED) is 0.175. The first-order valence-corrected chi connectivity index (χ1v) is 12.7. The predicted octanol–water partition coefficient (Wildman–Crippen LogP) is 8.44. The van der Waals surface area contributed by atoms with E-state index in [4.69, 9.17) is 23.2 Å². The van der Waals surface area contributed by atoms with Crippen molar-refractivity contribution in [3.05, 3.63) is 130 Å². The summed E-state index contributed by atoms with van der Waals surface area (Å²) in [5.41, 5.74) is 1.10. The van der Waals surface area contributed by atoms with Crippen LogP contribution in [0.1, 0.15) is 28.8 Å². The van der Waals surface area contributed by atoms with Crippen molar-refractivity contribution in [1.29, 1.82) is 0 Å². The molecular formula is C29H23Cl2F3N4O2. The van der Waals surface area contributed by atoms with Crippen LogP contribution in [-0.4, -0.2) is 12.1 Å². The molecule has 11 heteroatoms. The fraction of sp³-hybridized carbons (Fsp3) is 0.103. The Morgan fingerprint density at radius 3 is 1.50 bits per heavy atom.